The Balaban J connectivity index is 1.88. The first kappa shape index (κ1) is 14.6. The van der Waals surface area contributed by atoms with Gasteiger partial charge in [0, 0.05) is 31.7 Å². The van der Waals surface area contributed by atoms with Gasteiger partial charge in [0.25, 0.3) is 5.91 Å². The van der Waals surface area contributed by atoms with Crippen LogP contribution in [0.25, 0.3) is 0 Å². The standard InChI is InChI=1S/C14H20N2O4/c1-10(16-4-6-20-7-5-16)9-15-14(19)12-3-2-11(17)8-13(12)18/h2-3,8,10,17-18H,4-7,9H2,1H3,(H,15,19). The van der Waals surface area contributed by atoms with E-state index in [2.05, 4.69) is 10.2 Å². The number of benzene rings is 1. The van der Waals surface area contributed by atoms with Gasteiger partial charge in [-0.2, -0.15) is 0 Å². The maximum Gasteiger partial charge on any atom is 0.255 e. The molecule has 1 aliphatic rings. The second-order valence-electron chi connectivity index (χ2n) is 4.91. The first-order chi connectivity index (χ1) is 9.58. The highest BCUT2D eigenvalue weighted by molar-refractivity contribution is 5.97. The van der Waals surface area contributed by atoms with Gasteiger partial charge in [-0.25, -0.2) is 0 Å². The molecule has 1 aliphatic heterocycles. The Kier molecular flexibility index (Phi) is 4.81. The third-order valence-electron chi connectivity index (χ3n) is 3.45. The number of amides is 1. The lowest BCUT2D eigenvalue weighted by Gasteiger charge is -2.32. The number of nitrogens with zero attached hydrogens (tertiary/aromatic N) is 1. The average Bonchev–Trinajstić information content (AvgIpc) is 2.45. The summed E-state index contributed by atoms with van der Waals surface area (Å²) in [6, 6.07) is 4.14. The van der Waals surface area contributed by atoms with Gasteiger partial charge in [-0.3, -0.25) is 9.69 Å². The SMILES string of the molecule is CC(CNC(=O)c1ccc(O)cc1O)N1CCOCC1. The second kappa shape index (κ2) is 6.58. The summed E-state index contributed by atoms with van der Waals surface area (Å²) >= 11 is 0. The van der Waals surface area contributed by atoms with Gasteiger partial charge < -0.3 is 20.3 Å². The summed E-state index contributed by atoms with van der Waals surface area (Å²) in [5.74, 6) is -0.634. The predicted molar refractivity (Wildman–Crippen MR) is 74.0 cm³/mol. The van der Waals surface area contributed by atoms with Gasteiger partial charge in [-0.1, -0.05) is 0 Å². The molecule has 6 nitrogen and oxygen atoms in total. The summed E-state index contributed by atoms with van der Waals surface area (Å²) in [5, 5.41) is 21.6. The number of hydrogen-bond acceptors (Lipinski definition) is 5. The lowest BCUT2D eigenvalue weighted by Crippen LogP contribution is -2.47. The minimum absolute atomic E-state index is 0.0688. The van der Waals surface area contributed by atoms with Gasteiger partial charge in [0.2, 0.25) is 0 Å². The Hall–Kier alpha value is -1.79. The molecule has 20 heavy (non-hydrogen) atoms. The summed E-state index contributed by atoms with van der Waals surface area (Å²) in [5.41, 5.74) is 0.164. The number of ether oxygens (including phenoxy) is 1. The molecule has 0 aromatic heterocycles. The molecule has 1 aromatic rings. The van der Waals surface area contributed by atoms with Gasteiger partial charge in [0.1, 0.15) is 11.5 Å². The van der Waals surface area contributed by atoms with Crippen LogP contribution < -0.4 is 5.32 Å². The van der Waals surface area contributed by atoms with Crippen molar-refractivity contribution in [3.8, 4) is 11.5 Å². The van der Waals surface area contributed by atoms with E-state index in [1.54, 1.807) is 0 Å². The van der Waals surface area contributed by atoms with Crippen LogP contribution >= 0.6 is 0 Å². The zero-order chi connectivity index (χ0) is 14.5. The Morgan fingerprint density at radius 1 is 1.40 bits per heavy atom. The third kappa shape index (κ3) is 3.61. The molecule has 1 aromatic carbocycles. The van der Waals surface area contributed by atoms with Gasteiger partial charge in [-0.15, -0.1) is 0 Å². The van der Waals surface area contributed by atoms with Gasteiger partial charge >= 0.3 is 0 Å². The highest BCUT2D eigenvalue weighted by atomic mass is 16.5. The van der Waals surface area contributed by atoms with E-state index in [1.807, 2.05) is 6.92 Å². The van der Waals surface area contributed by atoms with Crippen molar-refractivity contribution < 1.29 is 19.7 Å². The van der Waals surface area contributed by atoms with Crippen LogP contribution in [-0.4, -0.2) is 59.9 Å². The van der Waals surface area contributed by atoms with E-state index in [9.17, 15) is 15.0 Å². The van der Waals surface area contributed by atoms with Crippen LogP contribution in [0, 0.1) is 0 Å². The van der Waals surface area contributed by atoms with E-state index >= 15 is 0 Å². The smallest absolute Gasteiger partial charge is 0.255 e. The highest BCUT2D eigenvalue weighted by Crippen LogP contribution is 2.22. The minimum Gasteiger partial charge on any atom is -0.508 e. The number of morpholine rings is 1. The molecular formula is C14H20N2O4. The van der Waals surface area contributed by atoms with Gasteiger partial charge in [0.05, 0.1) is 18.8 Å². The van der Waals surface area contributed by atoms with Crippen LogP contribution in [0.15, 0.2) is 18.2 Å². The van der Waals surface area contributed by atoms with Crippen LogP contribution in [0.2, 0.25) is 0 Å². The van der Waals surface area contributed by atoms with Crippen LogP contribution in [0.3, 0.4) is 0 Å². The quantitative estimate of drug-likeness (QED) is 0.750. The number of phenolic OH excluding ortho intramolecular Hbond substituents is 2. The molecule has 2 rings (SSSR count). The van der Waals surface area contributed by atoms with Crippen molar-refractivity contribution >= 4 is 5.91 Å². The molecule has 3 N–H and O–H groups in total. The predicted octanol–water partition coefficient (Wildman–Crippen LogP) is 0.548. The molecule has 1 saturated heterocycles. The zero-order valence-electron chi connectivity index (χ0n) is 11.5. The Morgan fingerprint density at radius 2 is 2.10 bits per heavy atom. The first-order valence-electron chi connectivity index (χ1n) is 6.70. The molecule has 110 valence electrons. The van der Waals surface area contributed by atoms with Gasteiger partial charge in [-0.05, 0) is 19.1 Å². The number of rotatable bonds is 4. The molecule has 1 heterocycles. The van der Waals surface area contributed by atoms with Crippen molar-refractivity contribution in [2.45, 2.75) is 13.0 Å². The molecule has 1 atom stereocenters. The summed E-state index contributed by atoms with van der Waals surface area (Å²) in [6.07, 6.45) is 0. The highest BCUT2D eigenvalue weighted by Gasteiger charge is 2.18. The average molecular weight is 280 g/mol. The maximum absolute atomic E-state index is 12.0. The minimum atomic E-state index is -0.345. The van der Waals surface area contributed by atoms with E-state index < -0.39 is 0 Å². The molecule has 1 fully saturated rings. The summed E-state index contributed by atoms with van der Waals surface area (Å²) in [6.45, 7) is 5.71. The molecule has 6 heteroatoms. The van der Waals surface area contributed by atoms with Crippen molar-refractivity contribution in [1.29, 1.82) is 0 Å². The molecule has 0 bridgehead atoms. The fraction of sp³-hybridized carbons (Fsp3) is 0.500. The van der Waals surface area contributed by atoms with Crippen molar-refractivity contribution in [2.75, 3.05) is 32.8 Å². The molecule has 1 unspecified atom stereocenters. The maximum atomic E-state index is 12.0. The Bertz CT molecular complexity index is 472. The molecule has 0 aliphatic carbocycles. The van der Waals surface area contributed by atoms with E-state index in [1.165, 1.54) is 12.1 Å². The number of nitrogens with one attached hydrogen (secondary N) is 1. The molecular weight excluding hydrogens is 260 g/mol. The van der Waals surface area contributed by atoms with Crippen LogP contribution in [-0.2, 0) is 4.74 Å². The second-order valence-corrected chi connectivity index (χ2v) is 4.91. The third-order valence-corrected chi connectivity index (χ3v) is 3.45. The lowest BCUT2D eigenvalue weighted by atomic mass is 10.1. The van der Waals surface area contributed by atoms with Crippen LogP contribution in [0.4, 0.5) is 0 Å². The van der Waals surface area contributed by atoms with E-state index in [4.69, 9.17) is 4.74 Å². The molecule has 1 amide bonds. The summed E-state index contributed by atoms with van der Waals surface area (Å²) < 4.78 is 5.29. The zero-order valence-corrected chi connectivity index (χ0v) is 11.5. The number of carbonyl (C=O) groups is 1. The molecule has 0 spiro atoms. The number of hydrogen-bond donors (Lipinski definition) is 3. The normalized spacial score (nSPS) is 17.6. The van der Waals surface area contributed by atoms with E-state index in [0.29, 0.717) is 6.54 Å². The fourth-order valence-corrected chi connectivity index (χ4v) is 2.20. The lowest BCUT2D eigenvalue weighted by molar-refractivity contribution is 0.0204. The van der Waals surface area contributed by atoms with Crippen LogP contribution in [0.1, 0.15) is 17.3 Å². The van der Waals surface area contributed by atoms with Crippen molar-refractivity contribution in [3.05, 3.63) is 23.8 Å². The van der Waals surface area contributed by atoms with E-state index in [0.717, 1.165) is 32.4 Å². The van der Waals surface area contributed by atoms with Crippen molar-refractivity contribution in [2.24, 2.45) is 0 Å². The summed E-state index contributed by atoms with van der Waals surface area (Å²) in [4.78, 5) is 14.2. The topological polar surface area (TPSA) is 82.0 Å². The van der Waals surface area contributed by atoms with E-state index in [-0.39, 0.29) is 29.0 Å². The first-order valence-corrected chi connectivity index (χ1v) is 6.70. The monoisotopic (exact) mass is 280 g/mol. The Morgan fingerprint density at radius 3 is 2.75 bits per heavy atom. The van der Waals surface area contributed by atoms with Crippen molar-refractivity contribution in [1.82, 2.24) is 10.2 Å². The fourth-order valence-electron chi connectivity index (χ4n) is 2.20. The number of carbonyl (C=O) groups excluding carboxylic acids is 1. The Labute approximate surface area is 118 Å². The van der Waals surface area contributed by atoms with Crippen molar-refractivity contribution in [3.63, 3.8) is 0 Å². The molecule has 0 radical (unpaired) electrons. The van der Waals surface area contributed by atoms with Gasteiger partial charge in [0.15, 0.2) is 0 Å². The summed E-state index contributed by atoms with van der Waals surface area (Å²) in [7, 11) is 0. The number of aromatic hydroxyl groups is 2. The number of phenols is 2. The van der Waals surface area contributed by atoms with Crippen LogP contribution in [0.5, 0.6) is 11.5 Å². The largest absolute Gasteiger partial charge is 0.508 e. The molecule has 0 saturated carbocycles.